The van der Waals surface area contributed by atoms with Gasteiger partial charge in [0.15, 0.2) is 11.2 Å². The molecule has 8 heteroatoms. The Hall–Kier alpha value is -2.58. The average molecular weight is 387 g/mol. The highest BCUT2D eigenvalue weighted by atomic mass is 32.1. The van der Waals surface area contributed by atoms with Crippen molar-refractivity contribution in [3.05, 3.63) is 48.4 Å². The van der Waals surface area contributed by atoms with Crippen molar-refractivity contribution in [2.45, 2.75) is 12.6 Å². The second-order valence-electron chi connectivity index (χ2n) is 6.36. The SMILES string of the molecule is O=C([C@@H]1CN(C(=S)NCc2ccco2)c2ccccc2O1)N1CCOCC1. The molecule has 27 heavy (non-hydrogen) atoms. The summed E-state index contributed by atoms with van der Waals surface area (Å²) >= 11 is 5.59. The van der Waals surface area contributed by atoms with E-state index in [1.54, 1.807) is 11.2 Å². The van der Waals surface area contributed by atoms with Crippen molar-refractivity contribution in [1.82, 2.24) is 10.2 Å². The number of carbonyl (C=O) groups is 1. The molecule has 2 aliphatic heterocycles. The summed E-state index contributed by atoms with van der Waals surface area (Å²) in [6.45, 7) is 3.12. The molecule has 0 aliphatic carbocycles. The highest BCUT2D eigenvalue weighted by Crippen LogP contribution is 2.33. The molecular weight excluding hydrogens is 366 g/mol. The van der Waals surface area contributed by atoms with Crippen LogP contribution in [0.4, 0.5) is 5.69 Å². The van der Waals surface area contributed by atoms with Gasteiger partial charge in [0.2, 0.25) is 0 Å². The van der Waals surface area contributed by atoms with Gasteiger partial charge in [-0.2, -0.15) is 0 Å². The second-order valence-corrected chi connectivity index (χ2v) is 6.75. The van der Waals surface area contributed by atoms with Crippen molar-refractivity contribution in [3.8, 4) is 5.75 Å². The topological polar surface area (TPSA) is 67.2 Å². The molecule has 1 aromatic heterocycles. The first-order valence-corrected chi connectivity index (χ1v) is 9.33. The van der Waals surface area contributed by atoms with Crippen molar-refractivity contribution < 1.29 is 18.7 Å². The Balaban J connectivity index is 1.50. The first-order chi connectivity index (χ1) is 13.2. The molecule has 3 heterocycles. The van der Waals surface area contributed by atoms with Gasteiger partial charge in [-0.05, 0) is 36.5 Å². The van der Waals surface area contributed by atoms with Gasteiger partial charge in [-0.1, -0.05) is 12.1 Å². The number of carbonyl (C=O) groups excluding carboxylic acids is 1. The van der Waals surface area contributed by atoms with Gasteiger partial charge in [-0.25, -0.2) is 0 Å². The second kappa shape index (κ2) is 7.98. The predicted octanol–water partition coefficient (Wildman–Crippen LogP) is 1.78. The van der Waals surface area contributed by atoms with Crippen LogP contribution >= 0.6 is 12.2 Å². The molecule has 1 atom stereocenters. The van der Waals surface area contributed by atoms with E-state index >= 15 is 0 Å². The Bertz CT molecular complexity index is 805. The minimum Gasteiger partial charge on any atom is -0.476 e. The Morgan fingerprint density at radius 2 is 2.00 bits per heavy atom. The van der Waals surface area contributed by atoms with Gasteiger partial charge >= 0.3 is 0 Å². The highest BCUT2D eigenvalue weighted by Gasteiger charge is 2.35. The van der Waals surface area contributed by atoms with Crippen molar-refractivity contribution >= 4 is 28.9 Å². The van der Waals surface area contributed by atoms with Gasteiger partial charge in [-0.3, -0.25) is 4.79 Å². The molecule has 2 aliphatic rings. The lowest BCUT2D eigenvalue weighted by Crippen LogP contribution is -2.55. The van der Waals surface area contributed by atoms with E-state index in [9.17, 15) is 4.79 Å². The quantitative estimate of drug-likeness (QED) is 0.806. The summed E-state index contributed by atoms with van der Waals surface area (Å²) in [6.07, 6.45) is 1.02. The van der Waals surface area contributed by atoms with Gasteiger partial charge in [0.25, 0.3) is 5.91 Å². The van der Waals surface area contributed by atoms with E-state index in [2.05, 4.69) is 5.32 Å². The first kappa shape index (κ1) is 17.8. The fourth-order valence-corrected chi connectivity index (χ4v) is 3.46. The fourth-order valence-electron chi connectivity index (χ4n) is 3.21. The third-order valence-corrected chi connectivity index (χ3v) is 4.98. The summed E-state index contributed by atoms with van der Waals surface area (Å²) in [7, 11) is 0. The lowest BCUT2D eigenvalue weighted by Gasteiger charge is -2.38. The van der Waals surface area contributed by atoms with Crippen molar-refractivity contribution in [1.29, 1.82) is 0 Å². The number of fused-ring (bicyclic) bond motifs is 1. The normalized spacial score (nSPS) is 19.2. The van der Waals surface area contributed by atoms with Crippen LogP contribution in [0.3, 0.4) is 0 Å². The van der Waals surface area contributed by atoms with Crippen molar-refractivity contribution in [2.24, 2.45) is 0 Å². The van der Waals surface area contributed by atoms with Crippen LogP contribution in [0.1, 0.15) is 5.76 Å². The van der Waals surface area contributed by atoms with E-state index in [4.69, 9.17) is 26.1 Å². The summed E-state index contributed by atoms with van der Waals surface area (Å²) in [5, 5.41) is 3.73. The molecule has 7 nitrogen and oxygen atoms in total. The van der Waals surface area contributed by atoms with Crippen LogP contribution in [0.5, 0.6) is 5.75 Å². The van der Waals surface area contributed by atoms with Gasteiger partial charge in [0, 0.05) is 13.1 Å². The standard InChI is InChI=1S/C19H21N3O4S/c23-18(21-7-10-24-11-8-21)17-13-22(15-5-1-2-6-16(15)26-17)19(27)20-12-14-4-3-9-25-14/h1-6,9,17H,7-8,10-13H2,(H,20,27)/t17-/m0/s1. The smallest absolute Gasteiger partial charge is 0.265 e. The monoisotopic (exact) mass is 387 g/mol. The van der Waals surface area contributed by atoms with E-state index < -0.39 is 6.10 Å². The molecule has 1 saturated heterocycles. The average Bonchev–Trinajstić information content (AvgIpc) is 3.25. The zero-order valence-electron chi connectivity index (χ0n) is 14.8. The molecule has 2 aromatic rings. The van der Waals surface area contributed by atoms with Crippen LogP contribution in [-0.2, 0) is 16.1 Å². The Labute approximate surface area is 162 Å². The largest absolute Gasteiger partial charge is 0.476 e. The molecule has 0 bridgehead atoms. The summed E-state index contributed by atoms with van der Waals surface area (Å²) in [5.74, 6) is 1.41. The molecular formula is C19H21N3O4S. The summed E-state index contributed by atoms with van der Waals surface area (Å²) in [5.41, 5.74) is 0.848. The Morgan fingerprint density at radius 3 is 2.78 bits per heavy atom. The maximum Gasteiger partial charge on any atom is 0.265 e. The number of nitrogens with one attached hydrogen (secondary N) is 1. The Morgan fingerprint density at radius 1 is 1.19 bits per heavy atom. The first-order valence-electron chi connectivity index (χ1n) is 8.92. The van der Waals surface area contributed by atoms with Crippen LogP contribution in [0.15, 0.2) is 47.1 Å². The number of para-hydroxylation sites is 2. The molecule has 4 rings (SSSR count). The highest BCUT2D eigenvalue weighted by molar-refractivity contribution is 7.80. The van der Waals surface area contributed by atoms with Crippen LogP contribution in [0.25, 0.3) is 0 Å². The van der Waals surface area contributed by atoms with Crippen LogP contribution in [0, 0.1) is 0 Å². The summed E-state index contributed by atoms with van der Waals surface area (Å²) < 4.78 is 16.7. The van der Waals surface area contributed by atoms with Crippen LogP contribution < -0.4 is 15.0 Å². The number of furan rings is 1. The summed E-state index contributed by atoms with van der Waals surface area (Å²) in [6, 6.07) is 11.3. The fraction of sp³-hybridized carbons (Fsp3) is 0.368. The summed E-state index contributed by atoms with van der Waals surface area (Å²) in [4.78, 5) is 16.6. The molecule has 142 valence electrons. The van der Waals surface area contributed by atoms with Crippen LogP contribution in [0.2, 0.25) is 0 Å². The van der Waals surface area contributed by atoms with E-state index in [1.165, 1.54) is 0 Å². The number of thiocarbonyl (C=S) groups is 1. The number of hydrogen-bond acceptors (Lipinski definition) is 5. The Kier molecular flexibility index (Phi) is 5.26. The zero-order chi connectivity index (χ0) is 18.6. The molecule has 0 saturated carbocycles. The number of amides is 1. The molecule has 0 spiro atoms. The number of anilines is 1. The number of ether oxygens (including phenoxy) is 2. The molecule has 1 N–H and O–H groups in total. The van der Waals surface area contributed by atoms with Gasteiger partial charge in [0.1, 0.15) is 11.5 Å². The number of nitrogens with zero attached hydrogens (tertiary/aromatic N) is 2. The van der Waals surface area contributed by atoms with E-state index in [0.717, 1.165) is 11.4 Å². The number of benzene rings is 1. The molecule has 1 fully saturated rings. The van der Waals surface area contributed by atoms with Crippen LogP contribution in [-0.4, -0.2) is 54.9 Å². The van der Waals surface area contributed by atoms with Gasteiger partial charge in [-0.15, -0.1) is 0 Å². The van der Waals surface area contributed by atoms with Gasteiger partial charge in [0.05, 0.1) is 38.3 Å². The molecule has 1 aromatic carbocycles. The third-order valence-electron chi connectivity index (χ3n) is 4.61. The van der Waals surface area contributed by atoms with Crippen molar-refractivity contribution in [2.75, 3.05) is 37.7 Å². The third kappa shape index (κ3) is 3.91. The zero-order valence-corrected chi connectivity index (χ0v) is 15.6. The number of rotatable bonds is 3. The maximum absolute atomic E-state index is 12.9. The lowest BCUT2D eigenvalue weighted by molar-refractivity contribution is -0.142. The molecule has 0 radical (unpaired) electrons. The van der Waals surface area contributed by atoms with Crippen molar-refractivity contribution in [3.63, 3.8) is 0 Å². The van der Waals surface area contributed by atoms with E-state index in [1.807, 2.05) is 41.3 Å². The van der Waals surface area contributed by atoms with E-state index in [-0.39, 0.29) is 5.91 Å². The van der Waals surface area contributed by atoms with E-state index in [0.29, 0.717) is 50.3 Å². The lowest BCUT2D eigenvalue weighted by atomic mass is 10.1. The maximum atomic E-state index is 12.9. The minimum atomic E-state index is -0.610. The minimum absolute atomic E-state index is 0.0355. The number of morpholine rings is 1. The predicted molar refractivity (Wildman–Crippen MR) is 104 cm³/mol. The molecule has 1 amide bonds. The molecule has 0 unspecified atom stereocenters. The number of hydrogen-bond donors (Lipinski definition) is 1. The van der Waals surface area contributed by atoms with Gasteiger partial charge < -0.3 is 29.0 Å².